The summed E-state index contributed by atoms with van der Waals surface area (Å²) in [6.45, 7) is 10.6. The molecule has 0 heterocycles. The van der Waals surface area contributed by atoms with Crippen molar-refractivity contribution in [1.29, 1.82) is 0 Å². The summed E-state index contributed by atoms with van der Waals surface area (Å²) in [5.74, 6) is 0.781. The molecule has 0 aromatic rings. The lowest BCUT2D eigenvalue weighted by atomic mass is 9.92. The molecule has 0 aliphatic carbocycles. The zero-order valence-corrected chi connectivity index (χ0v) is 11.8. The highest BCUT2D eigenvalue weighted by Gasteiger charge is 2.16. The molecule has 0 aliphatic heterocycles. The summed E-state index contributed by atoms with van der Waals surface area (Å²) < 4.78 is 0. The summed E-state index contributed by atoms with van der Waals surface area (Å²) in [7, 11) is 0. The van der Waals surface area contributed by atoms with Crippen molar-refractivity contribution in [2.45, 2.75) is 78.7 Å². The third-order valence-electron chi connectivity index (χ3n) is 3.39. The van der Waals surface area contributed by atoms with Gasteiger partial charge in [0.15, 0.2) is 0 Å². The maximum Gasteiger partial charge on any atom is 0.0617 e. The Morgan fingerprint density at radius 3 is 2.44 bits per heavy atom. The minimum Gasteiger partial charge on any atom is -0.390 e. The Labute approximate surface area is 102 Å². The molecule has 96 valence electrons. The summed E-state index contributed by atoms with van der Waals surface area (Å²) >= 11 is 0. The Morgan fingerprint density at radius 1 is 1.31 bits per heavy atom. The maximum atomic E-state index is 9.88. The molecule has 0 saturated carbocycles. The molecule has 2 unspecified atom stereocenters. The fourth-order valence-electron chi connectivity index (χ4n) is 1.81. The van der Waals surface area contributed by atoms with Crippen LogP contribution in [-0.2, 0) is 0 Å². The first-order valence-corrected chi connectivity index (χ1v) is 6.73. The summed E-state index contributed by atoms with van der Waals surface area (Å²) in [6.07, 6.45) is 8.99. The van der Waals surface area contributed by atoms with Crippen LogP contribution >= 0.6 is 0 Å². The van der Waals surface area contributed by atoms with Gasteiger partial charge < -0.3 is 5.11 Å². The van der Waals surface area contributed by atoms with Gasteiger partial charge in [0, 0.05) is 0 Å². The summed E-state index contributed by atoms with van der Waals surface area (Å²) in [5, 5.41) is 9.88. The van der Waals surface area contributed by atoms with E-state index in [9.17, 15) is 5.11 Å². The highest BCUT2D eigenvalue weighted by molar-refractivity contribution is 4.92. The monoisotopic (exact) mass is 226 g/mol. The topological polar surface area (TPSA) is 20.2 Å². The van der Waals surface area contributed by atoms with Crippen molar-refractivity contribution in [1.82, 2.24) is 0 Å². The van der Waals surface area contributed by atoms with Gasteiger partial charge in [-0.15, -0.1) is 0 Å². The Balaban J connectivity index is 3.58. The van der Waals surface area contributed by atoms with Crippen molar-refractivity contribution < 1.29 is 5.11 Å². The molecular formula is C15H30O. The first-order valence-electron chi connectivity index (χ1n) is 6.73. The second-order valence-electron chi connectivity index (χ2n) is 5.71. The van der Waals surface area contributed by atoms with Crippen LogP contribution in [0.1, 0.15) is 73.1 Å². The number of hydrogen-bond donors (Lipinski definition) is 1. The molecule has 1 N–H and O–H groups in total. The van der Waals surface area contributed by atoms with E-state index in [1.54, 1.807) is 0 Å². The Kier molecular flexibility index (Phi) is 7.74. The molecule has 0 spiro atoms. The first kappa shape index (κ1) is 15.7. The van der Waals surface area contributed by atoms with Crippen LogP contribution in [0.2, 0.25) is 0 Å². The lowest BCUT2D eigenvalue weighted by Gasteiger charge is -2.21. The van der Waals surface area contributed by atoms with E-state index in [2.05, 4.69) is 33.8 Å². The highest BCUT2D eigenvalue weighted by atomic mass is 16.3. The molecule has 0 radical (unpaired) electrons. The predicted molar refractivity (Wildman–Crippen MR) is 72.6 cm³/mol. The minimum absolute atomic E-state index is 0.445. The van der Waals surface area contributed by atoms with E-state index in [1.807, 2.05) is 6.92 Å². The van der Waals surface area contributed by atoms with Crippen molar-refractivity contribution in [3.8, 4) is 0 Å². The molecule has 1 nitrogen and oxygen atoms in total. The van der Waals surface area contributed by atoms with E-state index in [0.717, 1.165) is 25.2 Å². The fraction of sp³-hybridized carbons (Fsp3) is 0.867. The molecular weight excluding hydrogens is 196 g/mol. The van der Waals surface area contributed by atoms with Crippen LogP contribution in [0.5, 0.6) is 0 Å². The van der Waals surface area contributed by atoms with Crippen molar-refractivity contribution in [3.05, 3.63) is 11.6 Å². The van der Waals surface area contributed by atoms with E-state index >= 15 is 0 Å². The predicted octanol–water partition coefficient (Wildman–Crippen LogP) is 4.70. The second-order valence-corrected chi connectivity index (χ2v) is 5.71. The van der Waals surface area contributed by atoms with Crippen molar-refractivity contribution in [2.75, 3.05) is 0 Å². The average Bonchev–Trinajstić information content (AvgIpc) is 2.17. The molecule has 0 saturated heterocycles. The van der Waals surface area contributed by atoms with Crippen LogP contribution in [-0.4, -0.2) is 10.7 Å². The van der Waals surface area contributed by atoms with Gasteiger partial charge in [-0.2, -0.15) is 0 Å². The molecule has 0 bridgehead atoms. The van der Waals surface area contributed by atoms with Crippen molar-refractivity contribution in [2.24, 2.45) is 5.92 Å². The lowest BCUT2D eigenvalue weighted by Crippen LogP contribution is -2.22. The highest BCUT2D eigenvalue weighted by Crippen LogP contribution is 2.21. The number of allylic oxidation sites excluding steroid dienone is 2. The summed E-state index contributed by atoms with van der Waals surface area (Å²) in [6, 6.07) is 0. The van der Waals surface area contributed by atoms with Crippen LogP contribution in [0.3, 0.4) is 0 Å². The largest absolute Gasteiger partial charge is 0.390 e. The average molecular weight is 226 g/mol. The molecule has 0 aliphatic rings. The molecule has 1 heteroatoms. The van der Waals surface area contributed by atoms with Crippen molar-refractivity contribution in [3.63, 3.8) is 0 Å². The first-order chi connectivity index (χ1) is 7.37. The summed E-state index contributed by atoms with van der Waals surface area (Å²) in [5.41, 5.74) is 0.973. The quantitative estimate of drug-likeness (QED) is 0.595. The van der Waals surface area contributed by atoms with E-state index in [-0.39, 0.29) is 0 Å². The van der Waals surface area contributed by atoms with E-state index in [0.29, 0.717) is 0 Å². The molecule has 2 atom stereocenters. The van der Waals surface area contributed by atoms with Crippen LogP contribution in [0.25, 0.3) is 0 Å². The summed E-state index contributed by atoms with van der Waals surface area (Å²) in [4.78, 5) is 0. The number of aliphatic hydroxyl groups is 1. The van der Waals surface area contributed by atoms with Gasteiger partial charge in [0.1, 0.15) is 0 Å². The van der Waals surface area contributed by atoms with Gasteiger partial charge in [-0.25, -0.2) is 0 Å². The third-order valence-corrected chi connectivity index (χ3v) is 3.39. The fourth-order valence-corrected chi connectivity index (χ4v) is 1.81. The Morgan fingerprint density at radius 2 is 1.94 bits per heavy atom. The molecule has 0 aromatic heterocycles. The van der Waals surface area contributed by atoms with Gasteiger partial charge >= 0.3 is 0 Å². The molecule has 0 fully saturated rings. The van der Waals surface area contributed by atoms with Gasteiger partial charge in [0.05, 0.1) is 5.60 Å². The van der Waals surface area contributed by atoms with Gasteiger partial charge in [-0.1, -0.05) is 38.3 Å². The van der Waals surface area contributed by atoms with E-state index in [4.69, 9.17) is 0 Å². The molecule has 16 heavy (non-hydrogen) atoms. The SMILES string of the molecule is CCC(C)(O)CCCC(C)CCC=C(C)C. The third kappa shape index (κ3) is 8.96. The zero-order chi connectivity index (χ0) is 12.6. The standard InChI is InChI=1S/C15H30O/c1-6-15(5,16)12-8-11-14(4)10-7-9-13(2)3/h9,14,16H,6-8,10-12H2,1-5H3. The van der Waals surface area contributed by atoms with Gasteiger partial charge in [0.25, 0.3) is 0 Å². The normalized spacial score (nSPS) is 16.6. The molecule has 0 aromatic carbocycles. The zero-order valence-electron chi connectivity index (χ0n) is 11.8. The number of hydrogen-bond acceptors (Lipinski definition) is 1. The van der Waals surface area contributed by atoms with Crippen LogP contribution in [0.4, 0.5) is 0 Å². The molecule has 0 rings (SSSR count). The lowest BCUT2D eigenvalue weighted by molar-refractivity contribution is 0.0433. The smallest absolute Gasteiger partial charge is 0.0617 e. The van der Waals surface area contributed by atoms with Crippen LogP contribution in [0, 0.1) is 5.92 Å². The van der Waals surface area contributed by atoms with Crippen molar-refractivity contribution >= 4 is 0 Å². The van der Waals surface area contributed by atoms with Gasteiger partial charge in [-0.3, -0.25) is 0 Å². The number of rotatable bonds is 8. The minimum atomic E-state index is -0.445. The molecule has 0 amide bonds. The van der Waals surface area contributed by atoms with E-state index < -0.39 is 5.60 Å². The van der Waals surface area contributed by atoms with Crippen LogP contribution in [0.15, 0.2) is 11.6 Å². The van der Waals surface area contributed by atoms with Crippen LogP contribution < -0.4 is 0 Å². The van der Waals surface area contributed by atoms with E-state index in [1.165, 1.54) is 24.8 Å². The second kappa shape index (κ2) is 7.89. The van der Waals surface area contributed by atoms with Gasteiger partial charge in [0.2, 0.25) is 0 Å². The Bertz CT molecular complexity index is 199. The Hall–Kier alpha value is -0.300. The maximum absolute atomic E-state index is 9.88. The van der Waals surface area contributed by atoms with Gasteiger partial charge in [-0.05, 0) is 52.4 Å².